The Hall–Kier alpha value is -2.82. The molecule has 1 aliphatic rings. The summed E-state index contributed by atoms with van der Waals surface area (Å²) < 4.78 is 11.3. The number of nitrogens with one attached hydrogen (secondary N) is 1. The van der Waals surface area contributed by atoms with Crippen LogP contribution < -0.4 is 5.32 Å². The second kappa shape index (κ2) is 18.0. The van der Waals surface area contributed by atoms with E-state index in [1.165, 1.54) is 81.8 Å². The summed E-state index contributed by atoms with van der Waals surface area (Å²) in [6.45, 7) is 8.04. The number of ether oxygens (including phenoxy) is 2. The fourth-order valence-corrected chi connectivity index (χ4v) is 5.95. The van der Waals surface area contributed by atoms with Gasteiger partial charge in [0.05, 0.1) is 0 Å². The number of esters is 1. The Morgan fingerprint density at radius 2 is 1.17 bits per heavy atom. The van der Waals surface area contributed by atoms with Gasteiger partial charge >= 0.3 is 12.1 Å². The Labute approximate surface area is 255 Å². The molecule has 0 heterocycles. The Morgan fingerprint density at radius 3 is 1.64 bits per heavy atom. The molecule has 0 fully saturated rings. The third kappa shape index (κ3) is 11.5. The van der Waals surface area contributed by atoms with Gasteiger partial charge in [-0.05, 0) is 49.4 Å². The minimum atomic E-state index is -0.711. The second-order valence-corrected chi connectivity index (χ2v) is 12.9. The zero-order valence-corrected chi connectivity index (χ0v) is 26.7. The number of carbonyl (C=O) groups excluding carboxylic acids is 2. The minimum absolute atomic E-state index is 0.0195. The Bertz CT molecular complexity index is 1040. The van der Waals surface area contributed by atoms with Crippen molar-refractivity contribution in [2.45, 2.75) is 142 Å². The van der Waals surface area contributed by atoms with Gasteiger partial charge in [0, 0.05) is 5.92 Å². The predicted molar refractivity (Wildman–Crippen MR) is 173 cm³/mol. The van der Waals surface area contributed by atoms with Crippen LogP contribution in [0.25, 0.3) is 11.1 Å². The summed E-state index contributed by atoms with van der Waals surface area (Å²) in [5.74, 6) is -0.417. The smallest absolute Gasteiger partial charge is 0.407 e. The van der Waals surface area contributed by atoms with Gasteiger partial charge in [0.2, 0.25) is 0 Å². The van der Waals surface area contributed by atoms with Crippen molar-refractivity contribution >= 4 is 12.1 Å². The van der Waals surface area contributed by atoms with Crippen molar-refractivity contribution in [3.63, 3.8) is 0 Å². The van der Waals surface area contributed by atoms with E-state index in [2.05, 4.69) is 36.5 Å². The lowest BCUT2D eigenvalue weighted by molar-refractivity contribution is -0.157. The number of unbranched alkanes of at least 4 members (excludes halogenated alkanes) is 13. The Morgan fingerprint density at radius 1 is 0.714 bits per heavy atom. The molecule has 1 N–H and O–H groups in total. The van der Waals surface area contributed by atoms with Crippen LogP contribution in [0.5, 0.6) is 0 Å². The number of alkyl carbamates (subject to hydrolysis) is 1. The summed E-state index contributed by atoms with van der Waals surface area (Å²) in [5.41, 5.74) is 4.08. The van der Waals surface area contributed by atoms with Gasteiger partial charge in [-0.15, -0.1) is 0 Å². The lowest BCUT2D eigenvalue weighted by Gasteiger charge is -2.24. The fourth-order valence-electron chi connectivity index (χ4n) is 5.95. The molecule has 0 spiro atoms. The second-order valence-electron chi connectivity index (χ2n) is 12.9. The Kier molecular flexibility index (Phi) is 14.4. The molecule has 0 saturated carbocycles. The summed E-state index contributed by atoms with van der Waals surface area (Å²) >= 11 is 0. The zero-order valence-electron chi connectivity index (χ0n) is 26.7. The van der Waals surface area contributed by atoms with Crippen molar-refractivity contribution in [3.05, 3.63) is 59.7 Å². The molecule has 0 bridgehead atoms. The average molecular weight is 578 g/mol. The third-order valence-corrected chi connectivity index (χ3v) is 8.17. The molecule has 0 unspecified atom stereocenters. The van der Waals surface area contributed by atoms with Crippen LogP contribution in [0, 0.1) is 0 Å². The van der Waals surface area contributed by atoms with Crippen LogP contribution in [0.3, 0.4) is 0 Å². The van der Waals surface area contributed by atoms with Gasteiger partial charge in [0.25, 0.3) is 0 Å². The summed E-state index contributed by atoms with van der Waals surface area (Å²) in [5, 5.41) is 2.82. The highest BCUT2D eigenvalue weighted by atomic mass is 16.6. The van der Waals surface area contributed by atoms with Gasteiger partial charge in [-0.25, -0.2) is 9.59 Å². The summed E-state index contributed by atoms with van der Waals surface area (Å²) in [7, 11) is 0. The highest BCUT2D eigenvalue weighted by Crippen LogP contribution is 2.44. The molecule has 0 aliphatic heterocycles. The number of amides is 1. The van der Waals surface area contributed by atoms with E-state index >= 15 is 0 Å². The van der Waals surface area contributed by atoms with Crippen LogP contribution in [-0.4, -0.2) is 30.3 Å². The van der Waals surface area contributed by atoms with Gasteiger partial charge in [-0.3, -0.25) is 0 Å². The topological polar surface area (TPSA) is 64.6 Å². The van der Waals surface area contributed by atoms with Gasteiger partial charge in [0.1, 0.15) is 18.2 Å². The predicted octanol–water partition coefficient (Wildman–Crippen LogP) is 10.1. The van der Waals surface area contributed by atoms with Crippen LogP contribution in [-0.2, 0) is 14.3 Å². The van der Waals surface area contributed by atoms with Gasteiger partial charge in [-0.2, -0.15) is 0 Å². The number of carbonyl (C=O) groups is 2. The number of rotatable bonds is 19. The molecule has 1 aliphatic carbocycles. The van der Waals surface area contributed by atoms with Crippen molar-refractivity contribution in [1.82, 2.24) is 5.32 Å². The van der Waals surface area contributed by atoms with E-state index in [4.69, 9.17) is 9.47 Å². The first kappa shape index (κ1) is 33.7. The molecular weight excluding hydrogens is 522 g/mol. The molecule has 1 atom stereocenters. The number of benzene rings is 2. The first-order valence-electron chi connectivity index (χ1n) is 16.6. The van der Waals surface area contributed by atoms with Crippen molar-refractivity contribution in [1.29, 1.82) is 0 Å². The molecule has 232 valence electrons. The van der Waals surface area contributed by atoms with E-state index in [9.17, 15) is 9.59 Å². The van der Waals surface area contributed by atoms with Crippen LogP contribution in [0.1, 0.15) is 141 Å². The molecule has 2 aromatic carbocycles. The number of hydrogen-bond donors (Lipinski definition) is 1. The lowest BCUT2D eigenvalue weighted by atomic mass is 9.98. The maximum absolute atomic E-state index is 13.0. The summed E-state index contributed by atoms with van der Waals surface area (Å²) in [6.07, 6.45) is 17.9. The van der Waals surface area contributed by atoms with Crippen LogP contribution >= 0.6 is 0 Å². The standard InChI is InChI=1S/C37H55NO4/c1-5-6-7-8-9-10-11-12-13-14-15-16-17-18-27-34(35(39)42-37(2,3)4)38-36(40)41-28-33-31-25-21-19-23-29(31)30-24-20-22-26-32(30)33/h19-26,33-34H,5-18,27-28H2,1-4H3,(H,38,40)/t34-/m1/s1. The van der Waals surface area contributed by atoms with Crippen LogP contribution in [0.15, 0.2) is 48.5 Å². The van der Waals surface area contributed by atoms with E-state index in [-0.39, 0.29) is 12.5 Å². The average Bonchev–Trinajstić information content (AvgIpc) is 3.28. The minimum Gasteiger partial charge on any atom is -0.458 e. The van der Waals surface area contributed by atoms with Gasteiger partial charge in [0.15, 0.2) is 0 Å². The normalized spacial score (nSPS) is 13.3. The quantitative estimate of drug-likeness (QED) is 0.133. The third-order valence-electron chi connectivity index (χ3n) is 8.17. The maximum Gasteiger partial charge on any atom is 0.407 e. The molecule has 5 heteroatoms. The molecule has 1 amide bonds. The lowest BCUT2D eigenvalue weighted by Crippen LogP contribution is -2.44. The summed E-state index contributed by atoms with van der Waals surface area (Å²) in [4.78, 5) is 25.9. The molecule has 0 saturated heterocycles. The van der Waals surface area contributed by atoms with Crippen LogP contribution in [0.2, 0.25) is 0 Å². The Balaban J connectivity index is 1.39. The van der Waals surface area contributed by atoms with E-state index in [1.807, 2.05) is 45.0 Å². The highest BCUT2D eigenvalue weighted by molar-refractivity contribution is 5.82. The van der Waals surface area contributed by atoms with Crippen molar-refractivity contribution in [3.8, 4) is 11.1 Å². The van der Waals surface area contributed by atoms with E-state index in [1.54, 1.807) is 0 Å². The van der Waals surface area contributed by atoms with E-state index in [0.29, 0.717) is 6.42 Å². The monoisotopic (exact) mass is 577 g/mol. The van der Waals surface area contributed by atoms with E-state index < -0.39 is 23.7 Å². The molecule has 42 heavy (non-hydrogen) atoms. The van der Waals surface area contributed by atoms with Crippen molar-refractivity contribution in [2.75, 3.05) is 6.61 Å². The van der Waals surface area contributed by atoms with Crippen LogP contribution in [0.4, 0.5) is 4.79 Å². The fraction of sp³-hybridized carbons (Fsp3) is 0.622. The molecule has 0 aromatic heterocycles. The van der Waals surface area contributed by atoms with E-state index in [0.717, 1.165) is 30.4 Å². The number of hydrogen-bond acceptors (Lipinski definition) is 4. The summed E-state index contributed by atoms with van der Waals surface area (Å²) in [6, 6.07) is 15.8. The largest absolute Gasteiger partial charge is 0.458 e. The maximum atomic E-state index is 13.0. The molecule has 0 radical (unpaired) electrons. The van der Waals surface area contributed by atoms with Crippen molar-refractivity contribution < 1.29 is 19.1 Å². The van der Waals surface area contributed by atoms with Gasteiger partial charge < -0.3 is 14.8 Å². The first-order valence-corrected chi connectivity index (χ1v) is 16.6. The SMILES string of the molecule is CCCCCCCCCCCCCCCC[C@@H](NC(=O)OCC1c2ccccc2-c2ccccc21)C(=O)OC(C)(C)C. The molecular formula is C37H55NO4. The van der Waals surface area contributed by atoms with Gasteiger partial charge in [-0.1, -0.05) is 145 Å². The number of fused-ring (bicyclic) bond motifs is 3. The first-order chi connectivity index (χ1) is 20.3. The van der Waals surface area contributed by atoms with Crippen molar-refractivity contribution in [2.24, 2.45) is 0 Å². The highest BCUT2D eigenvalue weighted by Gasteiger charge is 2.30. The molecule has 3 rings (SSSR count). The zero-order chi connectivity index (χ0) is 30.2. The molecule has 5 nitrogen and oxygen atoms in total. The molecule has 2 aromatic rings.